The molecule has 2 saturated heterocycles. The van der Waals surface area contributed by atoms with E-state index in [2.05, 4.69) is 22.3 Å². The van der Waals surface area contributed by atoms with Crippen molar-refractivity contribution < 1.29 is 23.8 Å². The number of hydrogen-bond donors (Lipinski definition) is 2. The molecular formula is C33H46FN3O4. The number of nitrogens with one attached hydrogen (secondary N) is 1. The zero-order valence-electron chi connectivity index (χ0n) is 24.7. The summed E-state index contributed by atoms with van der Waals surface area (Å²) < 4.78 is 26.8. The number of unbranched alkanes of at least 4 members (excludes halogenated alkanes) is 2. The number of rotatable bonds is 11. The predicted octanol–water partition coefficient (Wildman–Crippen LogP) is 6.30. The van der Waals surface area contributed by atoms with Gasteiger partial charge in [0.25, 0.3) is 0 Å². The maximum absolute atomic E-state index is 15.3. The van der Waals surface area contributed by atoms with Crippen molar-refractivity contribution in [3.8, 4) is 5.75 Å². The molecule has 0 amide bonds. The quantitative estimate of drug-likeness (QED) is 0.309. The van der Waals surface area contributed by atoms with E-state index in [1.54, 1.807) is 0 Å². The number of aryl methyl sites for hydroxylation is 2. The molecule has 4 heterocycles. The van der Waals surface area contributed by atoms with Crippen molar-refractivity contribution in [2.45, 2.75) is 89.1 Å². The van der Waals surface area contributed by atoms with E-state index in [1.165, 1.54) is 30.9 Å². The molecule has 2 N–H and O–H groups in total. The van der Waals surface area contributed by atoms with Crippen LogP contribution >= 0.6 is 0 Å². The van der Waals surface area contributed by atoms with Gasteiger partial charge in [-0.25, -0.2) is 9.37 Å². The molecular weight excluding hydrogens is 521 g/mol. The Morgan fingerprint density at radius 2 is 2.05 bits per heavy atom. The van der Waals surface area contributed by atoms with Gasteiger partial charge in [0.2, 0.25) is 0 Å². The van der Waals surface area contributed by atoms with E-state index in [0.717, 1.165) is 96.2 Å². The maximum Gasteiger partial charge on any atom is 0.311 e. The summed E-state index contributed by atoms with van der Waals surface area (Å²) in [5.74, 6) is -1.20. The summed E-state index contributed by atoms with van der Waals surface area (Å²) in [7, 11) is 1.42. The summed E-state index contributed by atoms with van der Waals surface area (Å²) in [5, 5.41) is 13.8. The van der Waals surface area contributed by atoms with Gasteiger partial charge >= 0.3 is 5.97 Å². The lowest BCUT2D eigenvalue weighted by Gasteiger charge is -2.37. The number of halogens is 1. The molecule has 2 fully saturated rings. The third-order valence-electron chi connectivity index (χ3n) is 9.42. The predicted molar refractivity (Wildman–Crippen MR) is 158 cm³/mol. The molecule has 8 heteroatoms. The Hall–Kier alpha value is -2.71. The van der Waals surface area contributed by atoms with Gasteiger partial charge in [0.05, 0.1) is 18.6 Å². The molecule has 1 aromatic heterocycles. The summed E-state index contributed by atoms with van der Waals surface area (Å²) in [6.07, 6.45) is 11.0. The average molecular weight is 568 g/mol. The lowest BCUT2D eigenvalue weighted by atomic mass is 9.77. The Labute approximate surface area is 243 Å². The van der Waals surface area contributed by atoms with Gasteiger partial charge in [0.15, 0.2) is 11.6 Å². The van der Waals surface area contributed by atoms with Gasteiger partial charge in [-0.3, -0.25) is 4.79 Å². The first-order chi connectivity index (χ1) is 19.9. The Kier molecular flexibility index (Phi) is 9.81. The number of nitrogens with zero attached hydrogens (tertiary/aromatic N) is 2. The summed E-state index contributed by atoms with van der Waals surface area (Å²) in [5.41, 5.74) is 3.03. The fraction of sp³-hybridized carbons (Fsp3) is 0.636. The van der Waals surface area contributed by atoms with Crippen LogP contribution in [0.25, 0.3) is 0 Å². The maximum atomic E-state index is 15.3. The van der Waals surface area contributed by atoms with Crippen LogP contribution in [0.1, 0.15) is 93.0 Å². The van der Waals surface area contributed by atoms with Crippen LogP contribution in [0.15, 0.2) is 24.3 Å². The number of benzene rings is 1. The molecule has 41 heavy (non-hydrogen) atoms. The minimum absolute atomic E-state index is 0.0483. The molecule has 0 unspecified atom stereocenters. The van der Waals surface area contributed by atoms with Crippen LogP contribution in [0.3, 0.4) is 0 Å². The van der Waals surface area contributed by atoms with Gasteiger partial charge in [-0.2, -0.15) is 0 Å². The Morgan fingerprint density at radius 1 is 1.22 bits per heavy atom. The second-order valence-corrected chi connectivity index (χ2v) is 12.3. The molecule has 224 valence electrons. The molecule has 0 radical (unpaired) electrons. The second kappa shape index (κ2) is 13.5. The minimum Gasteiger partial charge on any atom is -0.493 e. The van der Waals surface area contributed by atoms with E-state index in [9.17, 15) is 9.90 Å². The zero-order chi connectivity index (χ0) is 28.8. The van der Waals surface area contributed by atoms with Crippen LogP contribution in [0, 0.1) is 11.7 Å². The summed E-state index contributed by atoms with van der Waals surface area (Å²) in [4.78, 5) is 19.9. The first-order valence-electron chi connectivity index (χ1n) is 15.6. The number of carboxylic acid groups (broad SMARTS) is 1. The van der Waals surface area contributed by atoms with Crippen LogP contribution in [0.4, 0.5) is 10.2 Å². The summed E-state index contributed by atoms with van der Waals surface area (Å²) >= 11 is 0. The van der Waals surface area contributed by atoms with Crippen LogP contribution in [0.2, 0.25) is 0 Å². The number of hydrogen-bond acceptors (Lipinski definition) is 6. The first-order valence-corrected chi connectivity index (χ1v) is 15.6. The van der Waals surface area contributed by atoms with Crippen LogP contribution in [-0.4, -0.2) is 60.9 Å². The molecule has 0 saturated carbocycles. The van der Waals surface area contributed by atoms with Crippen LogP contribution in [0.5, 0.6) is 5.75 Å². The van der Waals surface area contributed by atoms with Crippen molar-refractivity contribution in [1.82, 2.24) is 9.88 Å². The lowest BCUT2D eigenvalue weighted by Crippen LogP contribution is -2.38. The third-order valence-corrected chi connectivity index (χ3v) is 9.42. The number of piperidine rings is 1. The van der Waals surface area contributed by atoms with Crippen LogP contribution in [-0.2, 0) is 28.0 Å². The Bertz CT molecular complexity index is 1190. The standard InChI is InChI=1S/C33H46FN3O4/c1-33(15-5-7-20-41-33)25-21-27(30(40-2)28(34)22-25)29(32(38)39)23-13-18-37(19-14-23)17-6-3-4-10-26-12-11-24-9-8-16-35-31(24)36-26/h11-12,21-23,29H,3-10,13-20H2,1-2H3,(H,35,36)(H,38,39)/t29-,33-/m0/s1. The molecule has 0 bridgehead atoms. The first kappa shape index (κ1) is 29.8. The number of pyridine rings is 1. The monoisotopic (exact) mass is 567 g/mol. The fourth-order valence-corrected chi connectivity index (χ4v) is 6.95. The van der Waals surface area contributed by atoms with E-state index in [1.807, 2.05) is 13.0 Å². The number of fused-ring (bicyclic) bond motifs is 1. The van der Waals surface area contributed by atoms with Crippen molar-refractivity contribution in [3.63, 3.8) is 0 Å². The summed E-state index contributed by atoms with van der Waals surface area (Å²) in [6, 6.07) is 7.71. The van der Waals surface area contributed by atoms with Gasteiger partial charge in [0, 0.05) is 24.4 Å². The highest BCUT2D eigenvalue weighted by molar-refractivity contribution is 5.78. The molecule has 1 aromatic carbocycles. The van der Waals surface area contributed by atoms with Crippen LogP contribution < -0.4 is 10.1 Å². The van der Waals surface area contributed by atoms with Crippen molar-refractivity contribution in [1.29, 1.82) is 0 Å². The van der Waals surface area contributed by atoms with Crippen molar-refractivity contribution in [3.05, 3.63) is 52.5 Å². The highest BCUT2D eigenvalue weighted by atomic mass is 19.1. The molecule has 2 aromatic rings. The second-order valence-electron chi connectivity index (χ2n) is 12.3. The number of ether oxygens (including phenoxy) is 2. The topological polar surface area (TPSA) is 83.9 Å². The number of carboxylic acids is 1. The molecule has 7 nitrogen and oxygen atoms in total. The number of anilines is 1. The highest BCUT2D eigenvalue weighted by Gasteiger charge is 2.38. The number of aromatic nitrogens is 1. The number of likely N-dealkylation sites (tertiary alicyclic amines) is 1. The SMILES string of the molecule is COc1c(F)cc([C@]2(C)CCCCO2)cc1[C@@H](C(=O)O)C1CCN(CCCCCc2ccc3c(n2)NCCC3)CC1. The van der Waals surface area contributed by atoms with Gasteiger partial charge in [-0.1, -0.05) is 12.5 Å². The smallest absolute Gasteiger partial charge is 0.311 e. The van der Waals surface area contributed by atoms with Gasteiger partial charge in [-0.15, -0.1) is 0 Å². The number of carbonyl (C=O) groups is 1. The third kappa shape index (κ3) is 7.03. The zero-order valence-corrected chi connectivity index (χ0v) is 24.7. The molecule has 0 aliphatic carbocycles. The Balaban J connectivity index is 1.15. The molecule has 0 spiro atoms. The fourth-order valence-electron chi connectivity index (χ4n) is 6.95. The van der Waals surface area contributed by atoms with E-state index in [0.29, 0.717) is 17.7 Å². The largest absolute Gasteiger partial charge is 0.493 e. The van der Waals surface area contributed by atoms with E-state index in [4.69, 9.17) is 14.5 Å². The Morgan fingerprint density at radius 3 is 2.78 bits per heavy atom. The van der Waals surface area contributed by atoms with Crippen molar-refractivity contribution >= 4 is 11.8 Å². The number of aliphatic carboxylic acids is 1. The lowest BCUT2D eigenvalue weighted by molar-refractivity contribution is -0.140. The van der Waals surface area contributed by atoms with Gasteiger partial charge in [0.1, 0.15) is 5.82 Å². The van der Waals surface area contributed by atoms with E-state index < -0.39 is 23.3 Å². The highest BCUT2D eigenvalue weighted by Crippen LogP contribution is 2.43. The average Bonchev–Trinajstić information content (AvgIpc) is 2.98. The summed E-state index contributed by atoms with van der Waals surface area (Å²) in [6.45, 7) is 6.36. The van der Waals surface area contributed by atoms with Gasteiger partial charge in [-0.05, 0) is 126 Å². The number of methoxy groups -OCH3 is 1. The normalized spacial score (nSPS) is 22.5. The van der Waals surface area contributed by atoms with Crippen molar-refractivity contribution in [2.24, 2.45) is 5.92 Å². The molecule has 3 aliphatic heterocycles. The van der Waals surface area contributed by atoms with E-state index >= 15 is 4.39 Å². The molecule has 3 aliphatic rings. The van der Waals surface area contributed by atoms with E-state index in [-0.39, 0.29) is 11.7 Å². The van der Waals surface area contributed by atoms with Crippen molar-refractivity contribution in [2.75, 3.05) is 45.2 Å². The molecule has 2 atom stereocenters. The minimum atomic E-state index is -0.918. The molecule has 5 rings (SSSR count). The van der Waals surface area contributed by atoms with Gasteiger partial charge < -0.3 is 24.8 Å².